The molecule has 2 aromatic carbocycles. The average Bonchev–Trinajstić information content (AvgIpc) is 3.22. The summed E-state index contributed by atoms with van der Waals surface area (Å²) in [7, 11) is -1.82. The molecule has 1 saturated heterocycles. The predicted molar refractivity (Wildman–Crippen MR) is 116 cm³/mol. The number of sulfonamides is 1. The van der Waals surface area contributed by atoms with Crippen LogP contribution in [0.5, 0.6) is 5.75 Å². The Balaban J connectivity index is 1.44. The summed E-state index contributed by atoms with van der Waals surface area (Å²) in [6.07, 6.45) is 4.69. The first-order chi connectivity index (χ1) is 14.5. The van der Waals surface area contributed by atoms with E-state index in [2.05, 4.69) is 0 Å². The highest BCUT2D eigenvalue weighted by Gasteiger charge is 2.29. The number of nitrogens with zero attached hydrogens (tertiary/aromatic N) is 2. The fourth-order valence-corrected chi connectivity index (χ4v) is 5.80. The molecule has 2 aromatic rings. The fraction of sp³-hybridized carbons (Fsp3) is 0.435. The third kappa shape index (κ3) is 4.23. The molecule has 2 heterocycles. The predicted octanol–water partition coefficient (Wildman–Crippen LogP) is 3.39. The third-order valence-electron chi connectivity index (χ3n) is 5.99. The Morgan fingerprint density at radius 3 is 2.43 bits per heavy atom. The number of ether oxygens (including phenoxy) is 1. The van der Waals surface area contributed by atoms with Crippen molar-refractivity contribution in [3.05, 3.63) is 53.6 Å². The molecule has 0 aliphatic carbocycles. The van der Waals surface area contributed by atoms with Gasteiger partial charge in [-0.05, 0) is 67.1 Å². The smallest absolute Gasteiger partial charge is 0.243 e. The first-order valence-corrected chi connectivity index (χ1v) is 12.0. The molecule has 0 N–H and O–H groups in total. The molecule has 30 heavy (non-hydrogen) atoms. The molecule has 2 aliphatic heterocycles. The Hall–Kier alpha value is -2.38. The number of methoxy groups -OCH3 is 1. The molecule has 1 fully saturated rings. The van der Waals surface area contributed by atoms with Crippen molar-refractivity contribution in [2.24, 2.45) is 0 Å². The first-order valence-electron chi connectivity index (χ1n) is 10.6. The zero-order chi connectivity index (χ0) is 21.1. The number of rotatable bonds is 6. The van der Waals surface area contributed by atoms with Crippen LogP contribution in [0.4, 0.5) is 5.69 Å². The van der Waals surface area contributed by atoms with E-state index in [4.69, 9.17) is 4.74 Å². The number of amides is 1. The van der Waals surface area contributed by atoms with Gasteiger partial charge in [-0.15, -0.1) is 0 Å². The molecular formula is C23H28N2O4S. The molecule has 0 radical (unpaired) electrons. The Labute approximate surface area is 178 Å². The number of hydrogen-bond donors (Lipinski definition) is 0. The van der Waals surface area contributed by atoms with Crippen LogP contribution < -0.4 is 9.64 Å². The maximum absolute atomic E-state index is 12.9. The molecular weight excluding hydrogens is 400 g/mol. The molecule has 0 unspecified atom stereocenters. The number of hydrogen-bond acceptors (Lipinski definition) is 4. The molecule has 1 amide bonds. The number of carbonyl (C=O) groups excluding carboxylic acids is 1. The molecule has 0 bridgehead atoms. The minimum Gasteiger partial charge on any atom is -0.497 e. The van der Waals surface area contributed by atoms with Crippen LogP contribution in [0, 0.1) is 0 Å². The molecule has 0 aromatic heterocycles. The van der Waals surface area contributed by atoms with E-state index in [0.717, 1.165) is 41.8 Å². The van der Waals surface area contributed by atoms with Crippen LogP contribution >= 0.6 is 0 Å². The van der Waals surface area contributed by atoms with Crippen molar-refractivity contribution in [2.45, 2.75) is 43.4 Å². The number of piperidine rings is 1. The topological polar surface area (TPSA) is 66.9 Å². The second kappa shape index (κ2) is 8.78. The maximum atomic E-state index is 12.9. The first kappa shape index (κ1) is 20.9. The maximum Gasteiger partial charge on any atom is 0.243 e. The summed E-state index contributed by atoms with van der Waals surface area (Å²) in [6, 6.07) is 13.0. The fourth-order valence-electron chi connectivity index (χ4n) is 4.23. The van der Waals surface area contributed by atoms with E-state index in [1.165, 1.54) is 0 Å². The largest absolute Gasteiger partial charge is 0.497 e. The molecule has 7 heteroatoms. The van der Waals surface area contributed by atoms with Crippen LogP contribution in [0.2, 0.25) is 0 Å². The van der Waals surface area contributed by atoms with Gasteiger partial charge in [0.2, 0.25) is 15.9 Å². The highest BCUT2D eigenvalue weighted by atomic mass is 32.2. The minimum absolute atomic E-state index is 0.0659. The Bertz CT molecular complexity index is 1010. The van der Waals surface area contributed by atoms with Crippen molar-refractivity contribution in [1.29, 1.82) is 0 Å². The molecule has 6 nitrogen and oxygen atoms in total. The van der Waals surface area contributed by atoms with E-state index < -0.39 is 10.0 Å². The van der Waals surface area contributed by atoms with Crippen molar-refractivity contribution >= 4 is 21.6 Å². The SMILES string of the molecule is COc1ccc(CCC(=O)N2CCc3cc(S(=O)(=O)N4CCCCC4)ccc32)cc1. The Morgan fingerprint density at radius 1 is 1.00 bits per heavy atom. The average molecular weight is 429 g/mol. The van der Waals surface area contributed by atoms with E-state index in [1.807, 2.05) is 24.3 Å². The van der Waals surface area contributed by atoms with Gasteiger partial charge in [-0.1, -0.05) is 18.6 Å². The van der Waals surface area contributed by atoms with Crippen molar-refractivity contribution < 1.29 is 17.9 Å². The quantitative estimate of drug-likeness (QED) is 0.707. The summed E-state index contributed by atoms with van der Waals surface area (Å²) in [6.45, 7) is 1.79. The van der Waals surface area contributed by atoms with Crippen molar-refractivity contribution in [3.63, 3.8) is 0 Å². The number of carbonyl (C=O) groups is 1. The van der Waals surface area contributed by atoms with Crippen molar-refractivity contribution in [1.82, 2.24) is 4.31 Å². The summed E-state index contributed by atoms with van der Waals surface area (Å²) in [4.78, 5) is 14.9. The van der Waals surface area contributed by atoms with Crippen LogP contribution in [0.15, 0.2) is 47.4 Å². The molecule has 4 rings (SSSR count). The summed E-state index contributed by atoms with van der Waals surface area (Å²) < 4.78 is 32.6. The van der Waals surface area contributed by atoms with Gasteiger partial charge >= 0.3 is 0 Å². The second-order valence-electron chi connectivity index (χ2n) is 7.90. The summed E-state index contributed by atoms with van der Waals surface area (Å²) in [5.41, 5.74) is 2.87. The summed E-state index contributed by atoms with van der Waals surface area (Å²) in [5.74, 6) is 0.866. The third-order valence-corrected chi connectivity index (χ3v) is 7.88. The lowest BCUT2D eigenvalue weighted by atomic mass is 10.1. The molecule has 0 spiro atoms. The standard InChI is InChI=1S/C23H28N2O4S/c1-29-20-8-5-18(6-9-20)7-12-23(26)25-16-13-19-17-21(10-11-22(19)25)30(27,28)24-14-3-2-4-15-24/h5-6,8-11,17H,2-4,7,12-16H2,1H3. The van der Waals surface area contributed by atoms with E-state index >= 15 is 0 Å². The van der Waals surface area contributed by atoms with Gasteiger partial charge in [-0.2, -0.15) is 4.31 Å². The number of fused-ring (bicyclic) bond motifs is 1. The lowest BCUT2D eigenvalue weighted by molar-refractivity contribution is -0.118. The minimum atomic E-state index is -3.45. The lowest BCUT2D eigenvalue weighted by Gasteiger charge is -2.26. The number of anilines is 1. The normalized spacial score (nSPS) is 17.0. The van der Waals surface area contributed by atoms with Gasteiger partial charge in [-0.25, -0.2) is 8.42 Å². The number of benzene rings is 2. The summed E-state index contributed by atoms with van der Waals surface area (Å²) >= 11 is 0. The Morgan fingerprint density at radius 2 is 1.73 bits per heavy atom. The van der Waals surface area contributed by atoms with Gasteiger partial charge in [0, 0.05) is 31.7 Å². The zero-order valence-electron chi connectivity index (χ0n) is 17.3. The van der Waals surface area contributed by atoms with E-state index in [9.17, 15) is 13.2 Å². The van der Waals surface area contributed by atoms with E-state index in [-0.39, 0.29) is 5.91 Å². The van der Waals surface area contributed by atoms with Crippen LogP contribution in [0.3, 0.4) is 0 Å². The Kier molecular flexibility index (Phi) is 6.11. The van der Waals surface area contributed by atoms with Crippen LogP contribution in [-0.2, 0) is 27.7 Å². The molecule has 0 atom stereocenters. The van der Waals surface area contributed by atoms with E-state index in [0.29, 0.717) is 43.8 Å². The van der Waals surface area contributed by atoms with E-state index in [1.54, 1.807) is 34.5 Å². The van der Waals surface area contributed by atoms with Gasteiger partial charge < -0.3 is 9.64 Å². The van der Waals surface area contributed by atoms with Gasteiger partial charge in [-0.3, -0.25) is 4.79 Å². The van der Waals surface area contributed by atoms with Gasteiger partial charge in [0.15, 0.2) is 0 Å². The summed E-state index contributed by atoms with van der Waals surface area (Å²) in [5, 5.41) is 0. The second-order valence-corrected chi connectivity index (χ2v) is 9.84. The molecule has 2 aliphatic rings. The molecule has 160 valence electrons. The van der Waals surface area contributed by atoms with Crippen LogP contribution in [0.25, 0.3) is 0 Å². The van der Waals surface area contributed by atoms with Crippen LogP contribution in [-0.4, -0.2) is 45.4 Å². The van der Waals surface area contributed by atoms with Gasteiger partial charge in [0.05, 0.1) is 12.0 Å². The van der Waals surface area contributed by atoms with Crippen molar-refractivity contribution in [3.8, 4) is 5.75 Å². The monoisotopic (exact) mass is 428 g/mol. The lowest BCUT2D eigenvalue weighted by Crippen LogP contribution is -2.35. The van der Waals surface area contributed by atoms with Crippen molar-refractivity contribution in [2.75, 3.05) is 31.6 Å². The molecule has 0 saturated carbocycles. The highest BCUT2D eigenvalue weighted by Crippen LogP contribution is 2.32. The zero-order valence-corrected chi connectivity index (χ0v) is 18.2. The highest BCUT2D eigenvalue weighted by molar-refractivity contribution is 7.89. The van der Waals surface area contributed by atoms with Gasteiger partial charge in [0.1, 0.15) is 5.75 Å². The van der Waals surface area contributed by atoms with Gasteiger partial charge in [0.25, 0.3) is 0 Å². The van der Waals surface area contributed by atoms with Crippen LogP contribution in [0.1, 0.15) is 36.8 Å². The number of aryl methyl sites for hydroxylation is 1.